The number of carbonyl (C=O) groups excluding carboxylic acids is 1. The molecule has 0 aliphatic heterocycles. The number of hydrogen-bond donors (Lipinski definition) is 2. The molecule has 0 aromatic heterocycles. The third-order valence-electron chi connectivity index (χ3n) is 2.34. The number of halogens is 1. The molecule has 1 unspecified atom stereocenters. The molecule has 0 radical (unpaired) electrons. The second-order valence-electron chi connectivity index (χ2n) is 3.82. The zero-order valence-electron chi connectivity index (χ0n) is 10.00. The van der Waals surface area contributed by atoms with Gasteiger partial charge in [0.25, 0.3) is 0 Å². The number of thioether (sulfide) groups is 1. The Morgan fingerprint density at radius 1 is 1.59 bits per heavy atom. The van der Waals surface area contributed by atoms with Crippen LogP contribution in [0.5, 0.6) is 0 Å². The lowest BCUT2D eigenvalue weighted by Crippen LogP contribution is -2.16. The summed E-state index contributed by atoms with van der Waals surface area (Å²) in [5, 5.41) is 3.36. The van der Waals surface area contributed by atoms with Crippen LogP contribution in [0.15, 0.2) is 22.7 Å². The highest BCUT2D eigenvalue weighted by molar-refractivity contribution is 9.10. The average Bonchev–Trinajstić information content (AvgIpc) is 2.29. The number of amides is 1. The van der Waals surface area contributed by atoms with Gasteiger partial charge < -0.3 is 11.1 Å². The van der Waals surface area contributed by atoms with Gasteiger partial charge in [0.1, 0.15) is 0 Å². The number of rotatable bonds is 5. The topological polar surface area (TPSA) is 55.1 Å². The first-order valence-electron chi connectivity index (χ1n) is 5.49. The molecule has 0 saturated heterocycles. The lowest BCUT2D eigenvalue weighted by molar-refractivity contribution is -0.113. The molecular formula is C12H17BrN2OS. The Bertz CT molecular complexity index is 398. The van der Waals surface area contributed by atoms with Gasteiger partial charge in [-0.2, -0.15) is 0 Å². The van der Waals surface area contributed by atoms with Gasteiger partial charge in [-0.15, -0.1) is 11.8 Å². The zero-order chi connectivity index (χ0) is 12.8. The number of carbonyl (C=O) groups is 1. The maximum atomic E-state index is 11.7. The molecule has 94 valence electrons. The molecule has 0 aliphatic carbocycles. The van der Waals surface area contributed by atoms with E-state index in [-0.39, 0.29) is 5.91 Å². The SMILES string of the molecule is CCC(C)SCC(=O)Nc1ccc(N)cc1Br. The van der Waals surface area contributed by atoms with Crippen molar-refractivity contribution in [3.63, 3.8) is 0 Å². The summed E-state index contributed by atoms with van der Waals surface area (Å²) in [7, 11) is 0. The van der Waals surface area contributed by atoms with E-state index in [0.717, 1.165) is 16.6 Å². The first-order chi connectivity index (χ1) is 8.02. The fraction of sp³-hybridized carbons (Fsp3) is 0.417. The minimum Gasteiger partial charge on any atom is -0.399 e. The molecule has 1 amide bonds. The maximum absolute atomic E-state index is 11.7. The summed E-state index contributed by atoms with van der Waals surface area (Å²) in [6, 6.07) is 5.34. The first kappa shape index (κ1) is 14.4. The van der Waals surface area contributed by atoms with Crippen molar-refractivity contribution in [3.05, 3.63) is 22.7 Å². The molecule has 1 aromatic carbocycles. The lowest BCUT2D eigenvalue weighted by atomic mass is 10.3. The third-order valence-corrected chi connectivity index (χ3v) is 4.33. The summed E-state index contributed by atoms with van der Waals surface area (Å²) in [6.45, 7) is 4.24. The van der Waals surface area contributed by atoms with Crippen molar-refractivity contribution in [1.29, 1.82) is 0 Å². The van der Waals surface area contributed by atoms with Crippen molar-refractivity contribution in [1.82, 2.24) is 0 Å². The van der Waals surface area contributed by atoms with Gasteiger partial charge in [0, 0.05) is 15.4 Å². The van der Waals surface area contributed by atoms with Crippen LogP contribution in [0, 0.1) is 0 Å². The molecule has 0 bridgehead atoms. The van der Waals surface area contributed by atoms with Crippen LogP contribution in [0.3, 0.4) is 0 Å². The maximum Gasteiger partial charge on any atom is 0.234 e. The van der Waals surface area contributed by atoms with Gasteiger partial charge in [0.05, 0.1) is 11.4 Å². The Hall–Kier alpha value is -0.680. The van der Waals surface area contributed by atoms with Crippen LogP contribution in [0.4, 0.5) is 11.4 Å². The van der Waals surface area contributed by atoms with E-state index in [1.165, 1.54) is 0 Å². The highest BCUT2D eigenvalue weighted by Crippen LogP contribution is 2.25. The molecule has 0 spiro atoms. The molecule has 0 saturated carbocycles. The molecule has 1 atom stereocenters. The molecule has 1 aromatic rings. The van der Waals surface area contributed by atoms with Gasteiger partial charge >= 0.3 is 0 Å². The minimum absolute atomic E-state index is 0.0146. The zero-order valence-corrected chi connectivity index (χ0v) is 12.4. The van der Waals surface area contributed by atoms with Gasteiger partial charge in [-0.1, -0.05) is 13.8 Å². The fourth-order valence-electron chi connectivity index (χ4n) is 1.15. The normalized spacial score (nSPS) is 12.2. The Balaban J connectivity index is 2.50. The predicted molar refractivity (Wildman–Crippen MR) is 79.4 cm³/mol. The van der Waals surface area contributed by atoms with Crippen LogP contribution < -0.4 is 11.1 Å². The summed E-state index contributed by atoms with van der Waals surface area (Å²) in [5.41, 5.74) is 7.06. The molecule has 0 heterocycles. The lowest BCUT2D eigenvalue weighted by Gasteiger charge is -2.10. The summed E-state index contributed by atoms with van der Waals surface area (Å²) >= 11 is 5.03. The Morgan fingerprint density at radius 3 is 2.88 bits per heavy atom. The summed E-state index contributed by atoms with van der Waals surface area (Å²) in [5.74, 6) is 0.493. The van der Waals surface area contributed by atoms with E-state index in [9.17, 15) is 4.79 Å². The summed E-state index contributed by atoms with van der Waals surface area (Å²) in [4.78, 5) is 11.7. The smallest absolute Gasteiger partial charge is 0.234 e. The van der Waals surface area contributed by atoms with Crippen molar-refractivity contribution in [2.45, 2.75) is 25.5 Å². The number of nitrogens with one attached hydrogen (secondary N) is 1. The van der Waals surface area contributed by atoms with Crippen molar-refractivity contribution in [2.24, 2.45) is 0 Å². The van der Waals surface area contributed by atoms with Crippen LogP contribution in [0.25, 0.3) is 0 Å². The number of benzene rings is 1. The molecule has 0 fully saturated rings. The van der Waals surface area contributed by atoms with Crippen LogP contribution >= 0.6 is 27.7 Å². The number of hydrogen-bond acceptors (Lipinski definition) is 3. The van der Waals surface area contributed by atoms with Gasteiger partial charge in [-0.25, -0.2) is 0 Å². The Labute approximate surface area is 115 Å². The second kappa shape index (κ2) is 6.91. The van der Waals surface area contributed by atoms with E-state index in [4.69, 9.17) is 5.73 Å². The van der Waals surface area contributed by atoms with E-state index in [1.807, 2.05) is 0 Å². The quantitative estimate of drug-likeness (QED) is 0.817. The fourth-order valence-corrected chi connectivity index (χ4v) is 2.39. The van der Waals surface area contributed by atoms with Gasteiger partial charge in [-0.05, 0) is 40.5 Å². The summed E-state index contributed by atoms with van der Waals surface area (Å²) < 4.78 is 0.805. The van der Waals surface area contributed by atoms with Crippen LogP contribution in [0.2, 0.25) is 0 Å². The van der Waals surface area contributed by atoms with Gasteiger partial charge in [0.15, 0.2) is 0 Å². The summed E-state index contributed by atoms with van der Waals surface area (Å²) in [6.07, 6.45) is 1.07. The molecule has 3 N–H and O–H groups in total. The van der Waals surface area contributed by atoms with E-state index >= 15 is 0 Å². The van der Waals surface area contributed by atoms with Crippen LogP contribution in [-0.4, -0.2) is 16.9 Å². The highest BCUT2D eigenvalue weighted by Gasteiger charge is 2.08. The average molecular weight is 317 g/mol. The Morgan fingerprint density at radius 2 is 2.29 bits per heavy atom. The molecular weight excluding hydrogens is 300 g/mol. The van der Waals surface area contributed by atoms with Crippen molar-refractivity contribution >= 4 is 45.0 Å². The van der Waals surface area contributed by atoms with E-state index < -0.39 is 0 Å². The molecule has 5 heteroatoms. The second-order valence-corrected chi connectivity index (χ2v) is 6.10. The largest absolute Gasteiger partial charge is 0.399 e. The van der Waals surface area contributed by atoms with E-state index in [1.54, 1.807) is 30.0 Å². The highest BCUT2D eigenvalue weighted by atomic mass is 79.9. The standard InChI is InChI=1S/C12H17BrN2OS/c1-3-8(2)17-7-12(16)15-11-5-4-9(14)6-10(11)13/h4-6,8H,3,7,14H2,1-2H3,(H,15,16). The number of nitrogen functional groups attached to an aromatic ring is 1. The molecule has 1 rings (SSSR count). The first-order valence-corrected chi connectivity index (χ1v) is 7.33. The van der Waals surface area contributed by atoms with Gasteiger partial charge in [-0.3, -0.25) is 4.79 Å². The number of anilines is 2. The number of nitrogens with two attached hydrogens (primary N) is 1. The monoisotopic (exact) mass is 316 g/mol. The predicted octanol–water partition coefficient (Wildman–Crippen LogP) is 3.50. The van der Waals surface area contributed by atoms with E-state index in [2.05, 4.69) is 35.1 Å². The van der Waals surface area contributed by atoms with Crippen molar-refractivity contribution < 1.29 is 4.79 Å². The Kier molecular flexibility index (Phi) is 5.85. The van der Waals surface area contributed by atoms with Crippen LogP contribution in [-0.2, 0) is 4.79 Å². The van der Waals surface area contributed by atoms with Gasteiger partial charge in [0.2, 0.25) is 5.91 Å². The van der Waals surface area contributed by atoms with E-state index in [0.29, 0.717) is 16.7 Å². The third kappa shape index (κ3) is 5.00. The minimum atomic E-state index is 0.0146. The molecule has 3 nitrogen and oxygen atoms in total. The van der Waals surface area contributed by atoms with Crippen molar-refractivity contribution in [2.75, 3.05) is 16.8 Å². The van der Waals surface area contributed by atoms with Crippen LogP contribution in [0.1, 0.15) is 20.3 Å². The molecule has 17 heavy (non-hydrogen) atoms. The molecule has 0 aliphatic rings. The van der Waals surface area contributed by atoms with Crippen molar-refractivity contribution in [3.8, 4) is 0 Å².